The van der Waals surface area contributed by atoms with E-state index >= 15 is 0 Å². The fourth-order valence-corrected chi connectivity index (χ4v) is 2.63. The number of rotatable bonds is 7. The summed E-state index contributed by atoms with van der Waals surface area (Å²) in [4.78, 5) is 11.9. The van der Waals surface area contributed by atoms with Crippen molar-refractivity contribution >= 4 is 5.97 Å². The molecule has 1 aromatic rings. The summed E-state index contributed by atoms with van der Waals surface area (Å²) < 4.78 is 4.84. The van der Waals surface area contributed by atoms with Crippen LogP contribution in [0.5, 0.6) is 0 Å². The maximum absolute atomic E-state index is 11.9. The first-order chi connectivity index (χ1) is 9.67. The van der Waals surface area contributed by atoms with Crippen molar-refractivity contribution in [1.29, 1.82) is 0 Å². The molecule has 2 atom stereocenters. The molecule has 110 valence electrons. The highest BCUT2D eigenvalue weighted by Gasteiger charge is 2.30. The van der Waals surface area contributed by atoms with E-state index in [1.807, 2.05) is 18.2 Å². The van der Waals surface area contributed by atoms with Gasteiger partial charge in [0.15, 0.2) is 0 Å². The summed E-state index contributed by atoms with van der Waals surface area (Å²) >= 11 is 0. The summed E-state index contributed by atoms with van der Waals surface area (Å²) in [5.74, 6) is -0.133. The van der Waals surface area contributed by atoms with E-state index in [-0.39, 0.29) is 5.97 Å². The molecule has 0 radical (unpaired) electrons. The van der Waals surface area contributed by atoms with Crippen molar-refractivity contribution in [1.82, 2.24) is 0 Å². The second kappa shape index (κ2) is 6.89. The molecule has 1 N–H and O–H groups in total. The van der Waals surface area contributed by atoms with Crippen LogP contribution >= 0.6 is 0 Å². The number of carbonyl (C=O) groups is 1. The number of carbonyl (C=O) groups excluding carboxylic acids is 1. The lowest BCUT2D eigenvalue weighted by Gasteiger charge is -2.21. The van der Waals surface area contributed by atoms with E-state index in [0.29, 0.717) is 12.3 Å². The highest BCUT2D eigenvalue weighted by molar-refractivity contribution is 5.73. The van der Waals surface area contributed by atoms with E-state index in [4.69, 9.17) is 4.74 Å². The van der Waals surface area contributed by atoms with E-state index in [0.717, 1.165) is 18.4 Å². The van der Waals surface area contributed by atoms with Gasteiger partial charge in [-0.1, -0.05) is 44.0 Å². The standard InChI is InChI=1S/C17H24O3/c1-3-4-8-15(17(19)20-2)16(18)14-7-5-6-13(11-14)12-9-10-12/h5-7,11-12,15-16,18H,3-4,8-10H2,1-2H3. The first-order valence-electron chi connectivity index (χ1n) is 7.53. The maximum Gasteiger partial charge on any atom is 0.311 e. The second-order valence-electron chi connectivity index (χ2n) is 5.66. The Morgan fingerprint density at radius 1 is 1.45 bits per heavy atom. The molecular formula is C17H24O3. The van der Waals surface area contributed by atoms with Crippen LogP contribution in [0, 0.1) is 5.92 Å². The molecule has 0 spiro atoms. The fraction of sp³-hybridized carbons (Fsp3) is 0.588. The van der Waals surface area contributed by atoms with Crippen molar-refractivity contribution in [2.45, 2.75) is 51.0 Å². The molecule has 1 aliphatic carbocycles. The van der Waals surface area contributed by atoms with Gasteiger partial charge in [-0.2, -0.15) is 0 Å². The summed E-state index contributed by atoms with van der Waals surface area (Å²) in [6.07, 6.45) is 4.28. The summed E-state index contributed by atoms with van der Waals surface area (Å²) in [6.45, 7) is 2.08. The Morgan fingerprint density at radius 2 is 2.20 bits per heavy atom. The summed E-state index contributed by atoms with van der Waals surface area (Å²) in [5.41, 5.74) is 2.11. The Hall–Kier alpha value is -1.35. The maximum atomic E-state index is 11.9. The third-order valence-electron chi connectivity index (χ3n) is 4.05. The van der Waals surface area contributed by atoms with Crippen LogP contribution in [0.1, 0.15) is 62.2 Å². The average Bonchev–Trinajstić information content (AvgIpc) is 3.32. The first-order valence-corrected chi connectivity index (χ1v) is 7.53. The number of esters is 1. The van der Waals surface area contributed by atoms with E-state index in [2.05, 4.69) is 13.0 Å². The van der Waals surface area contributed by atoms with E-state index in [1.54, 1.807) is 0 Å². The minimum atomic E-state index is -0.771. The molecule has 3 nitrogen and oxygen atoms in total. The van der Waals surface area contributed by atoms with Gasteiger partial charge in [-0.3, -0.25) is 4.79 Å². The summed E-state index contributed by atoms with van der Waals surface area (Å²) in [5, 5.41) is 10.5. The third kappa shape index (κ3) is 3.60. The van der Waals surface area contributed by atoms with Crippen molar-refractivity contribution in [3.05, 3.63) is 35.4 Å². The van der Waals surface area contributed by atoms with Crippen LogP contribution in [0.25, 0.3) is 0 Å². The van der Waals surface area contributed by atoms with Crippen molar-refractivity contribution in [3.8, 4) is 0 Å². The van der Waals surface area contributed by atoms with Gasteiger partial charge in [-0.25, -0.2) is 0 Å². The lowest BCUT2D eigenvalue weighted by atomic mass is 9.90. The van der Waals surface area contributed by atoms with E-state index in [9.17, 15) is 9.90 Å². The van der Waals surface area contributed by atoms with E-state index < -0.39 is 12.0 Å². The van der Waals surface area contributed by atoms with Crippen molar-refractivity contribution in [3.63, 3.8) is 0 Å². The van der Waals surface area contributed by atoms with Crippen LogP contribution in [0.3, 0.4) is 0 Å². The van der Waals surface area contributed by atoms with Crippen molar-refractivity contribution in [2.75, 3.05) is 7.11 Å². The van der Waals surface area contributed by atoms with Crippen LogP contribution in [0.4, 0.5) is 0 Å². The molecule has 0 aliphatic heterocycles. The molecule has 3 heteroatoms. The predicted octanol–water partition coefficient (Wildman–Crippen LogP) is 3.58. The van der Waals surface area contributed by atoms with Gasteiger partial charge in [0.05, 0.1) is 19.1 Å². The monoisotopic (exact) mass is 276 g/mol. The fourth-order valence-electron chi connectivity index (χ4n) is 2.63. The molecule has 0 heterocycles. The third-order valence-corrected chi connectivity index (χ3v) is 4.05. The Bertz CT molecular complexity index is 451. The Morgan fingerprint density at radius 3 is 2.80 bits per heavy atom. The number of ether oxygens (including phenoxy) is 1. The van der Waals surface area contributed by atoms with Gasteiger partial charge in [-0.15, -0.1) is 0 Å². The molecule has 0 saturated heterocycles. The molecule has 0 aromatic heterocycles. The van der Waals surface area contributed by atoms with Gasteiger partial charge in [0.2, 0.25) is 0 Å². The van der Waals surface area contributed by atoms with Crippen LogP contribution in [-0.4, -0.2) is 18.2 Å². The lowest BCUT2D eigenvalue weighted by molar-refractivity contribution is -0.150. The summed E-state index contributed by atoms with van der Waals surface area (Å²) in [6, 6.07) is 8.02. The largest absolute Gasteiger partial charge is 0.469 e. The molecule has 2 unspecified atom stereocenters. The summed E-state index contributed by atoms with van der Waals surface area (Å²) in [7, 11) is 1.38. The Labute approximate surface area is 121 Å². The number of methoxy groups -OCH3 is 1. The quantitative estimate of drug-likeness (QED) is 0.774. The lowest BCUT2D eigenvalue weighted by Crippen LogP contribution is -2.23. The molecule has 1 aliphatic rings. The first kappa shape index (κ1) is 15.0. The Kier molecular flexibility index (Phi) is 5.18. The molecule has 1 saturated carbocycles. The highest BCUT2D eigenvalue weighted by Crippen LogP contribution is 2.41. The SMILES string of the molecule is CCCCC(C(=O)OC)C(O)c1cccc(C2CC2)c1. The predicted molar refractivity (Wildman–Crippen MR) is 78.4 cm³/mol. The van der Waals surface area contributed by atoms with Gasteiger partial charge in [-0.05, 0) is 36.3 Å². The van der Waals surface area contributed by atoms with Crippen LogP contribution in [-0.2, 0) is 9.53 Å². The molecule has 1 aromatic carbocycles. The van der Waals surface area contributed by atoms with Gasteiger partial charge in [0.1, 0.15) is 0 Å². The smallest absolute Gasteiger partial charge is 0.311 e. The van der Waals surface area contributed by atoms with Gasteiger partial charge in [0.25, 0.3) is 0 Å². The zero-order chi connectivity index (χ0) is 14.5. The van der Waals surface area contributed by atoms with Crippen molar-refractivity contribution in [2.24, 2.45) is 5.92 Å². The molecule has 0 bridgehead atoms. The zero-order valence-electron chi connectivity index (χ0n) is 12.3. The van der Waals surface area contributed by atoms with Gasteiger partial charge < -0.3 is 9.84 Å². The second-order valence-corrected chi connectivity index (χ2v) is 5.66. The number of hydrogen-bond donors (Lipinski definition) is 1. The highest BCUT2D eigenvalue weighted by atomic mass is 16.5. The van der Waals surface area contributed by atoms with Crippen LogP contribution in [0.15, 0.2) is 24.3 Å². The molecule has 0 amide bonds. The normalized spacial score (nSPS) is 17.6. The van der Waals surface area contributed by atoms with Gasteiger partial charge in [0, 0.05) is 0 Å². The van der Waals surface area contributed by atoms with Crippen LogP contribution < -0.4 is 0 Å². The van der Waals surface area contributed by atoms with Crippen LogP contribution in [0.2, 0.25) is 0 Å². The minimum Gasteiger partial charge on any atom is -0.469 e. The number of benzene rings is 1. The number of aliphatic hydroxyl groups excluding tert-OH is 1. The van der Waals surface area contributed by atoms with E-state index in [1.165, 1.54) is 25.5 Å². The Balaban J connectivity index is 2.14. The average molecular weight is 276 g/mol. The zero-order valence-corrected chi connectivity index (χ0v) is 12.3. The molecule has 2 rings (SSSR count). The number of hydrogen-bond acceptors (Lipinski definition) is 3. The molecule has 1 fully saturated rings. The number of unbranched alkanes of at least 4 members (excludes halogenated alkanes) is 1. The van der Waals surface area contributed by atoms with Gasteiger partial charge >= 0.3 is 5.97 Å². The topological polar surface area (TPSA) is 46.5 Å². The minimum absolute atomic E-state index is 0.317. The molecule has 20 heavy (non-hydrogen) atoms. The molecular weight excluding hydrogens is 252 g/mol. The van der Waals surface area contributed by atoms with Crippen molar-refractivity contribution < 1.29 is 14.6 Å². The number of aliphatic hydroxyl groups is 1.